The molecule has 1 saturated carbocycles. The summed E-state index contributed by atoms with van der Waals surface area (Å²) in [5, 5.41) is 9.83. The van der Waals surface area contributed by atoms with E-state index in [-0.39, 0.29) is 0 Å². The highest BCUT2D eigenvalue weighted by Gasteiger charge is 2.18. The van der Waals surface area contributed by atoms with Crippen LogP contribution in [0.2, 0.25) is 0 Å². The van der Waals surface area contributed by atoms with Gasteiger partial charge in [0.1, 0.15) is 11.8 Å². The fourth-order valence-electron chi connectivity index (χ4n) is 2.71. The molecule has 2 rings (SSSR count). The van der Waals surface area contributed by atoms with E-state index < -0.39 is 0 Å². The van der Waals surface area contributed by atoms with Crippen LogP contribution in [0.3, 0.4) is 0 Å². The Bertz CT molecular complexity index is 455. The lowest BCUT2D eigenvalue weighted by molar-refractivity contribution is 0.317. The highest BCUT2D eigenvalue weighted by atomic mass is 32.2. The minimum absolute atomic E-state index is 0.626. The Labute approximate surface area is 126 Å². The van der Waals surface area contributed by atoms with Gasteiger partial charge < -0.3 is 4.74 Å². The predicted octanol–water partition coefficient (Wildman–Crippen LogP) is 4.64. The molecule has 0 spiro atoms. The van der Waals surface area contributed by atoms with Crippen LogP contribution in [0.15, 0.2) is 24.3 Å². The summed E-state index contributed by atoms with van der Waals surface area (Å²) in [6.07, 6.45) is 6.61. The summed E-state index contributed by atoms with van der Waals surface area (Å²) in [6, 6.07) is 9.61. The largest absolute Gasteiger partial charge is 0.492 e. The molecule has 0 N–H and O–H groups in total. The van der Waals surface area contributed by atoms with Gasteiger partial charge in [0, 0.05) is 5.25 Å². The molecule has 20 heavy (non-hydrogen) atoms. The van der Waals surface area contributed by atoms with E-state index in [4.69, 9.17) is 10.00 Å². The fraction of sp³-hybridized carbons (Fsp3) is 0.588. The Kier molecular flexibility index (Phi) is 6.26. The second kappa shape index (κ2) is 8.21. The molecule has 2 atom stereocenters. The van der Waals surface area contributed by atoms with Crippen LogP contribution in [0, 0.1) is 17.2 Å². The number of para-hydroxylation sites is 1. The first-order valence-corrected chi connectivity index (χ1v) is 8.58. The molecule has 2 nitrogen and oxygen atoms in total. The average Bonchev–Trinajstić information content (AvgIpc) is 2.47. The van der Waals surface area contributed by atoms with E-state index in [9.17, 15) is 0 Å². The Morgan fingerprint density at radius 1 is 1.35 bits per heavy atom. The van der Waals surface area contributed by atoms with Crippen molar-refractivity contribution < 1.29 is 4.74 Å². The predicted molar refractivity (Wildman–Crippen MR) is 85.1 cm³/mol. The second-order valence-electron chi connectivity index (χ2n) is 5.57. The first kappa shape index (κ1) is 15.3. The molecule has 0 radical (unpaired) electrons. The lowest BCUT2D eigenvalue weighted by Crippen LogP contribution is -2.15. The number of hydrogen-bond acceptors (Lipinski definition) is 3. The van der Waals surface area contributed by atoms with Crippen molar-refractivity contribution in [1.82, 2.24) is 0 Å². The van der Waals surface area contributed by atoms with Crippen molar-refractivity contribution >= 4 is 11.8 Å². The van der Waals surface area contributed by atoms with Crippen LogP contribution in [-0.4, -0.2) is 17.6 Å². The van der Waals surface area contributed by atoms with Crippen LogP contribution in [-0.2, 0) is 0 Å². The van der Waals surface area contributed by atoms with Crippen LogP contribution in [0.4, 0.5) is 0 Å². The van der Waals surface area contributed by atoms with E-state index >= 15 is 0 Å². The number of ether oxygens (including phenoxy) is 1. The molecule has 1 fully saturated rings. The summed E-state index contributed by atoms with van der Waals surface area (Å²) in [7, 11) is 0. The van der Waals surface area contributed by atoms with E-state index in [2.05, 4.69) is 24.8 Å². The fourth-order valence-corrected chi connectivity index (χ4v) is 4.12. The van der Waals surface area contributed by atoms with Gasteiger partial charge in [0.25, 0.3) is 0 Å². The van der Waals surface area contributed by atoms with Gasteiger partial charge in [0.05, 0.1) is 12.2 Å². The van der Waals surface area contributed by atoms with Crippen molar-refractivity contribution in [2.24, 2.45) is 5.92 Å². The normalized spacial score (nSPS) is 22.2. The average molecular weight is 289 g/mol. The zero-order valence-electron chi connectivity index (χ0n) is 12.2. The SMILES string of the molecule is CC1CCCC(SCCCOc2ccccc2C#N)C1. The van der Waals surface area contributed by atoms with Crippen LogP contribution in [0.1, 0.15) is 44.6 Å². The maximum atomic E-state index is 8.98. The molecule has 0 bridgehead atoms. The number of thioether (sulfide) groups is 1. The van der Waals surface area contributed by atoms with E-state index in [1.54, 1.807) is 6.07 Å². The maximum Gasteiger partial charge on any atom is 0.137 e. The topological polar surface area (TPSA) is 33.0 Å². The highest BCUT2D eigenvalue weighted by molar-refractivity contribution is 7.99. The van der Waals surface area contributed by atoms with Crippen molar-refractivity contribution in [3.05, 3.63) is 29.8 Å². The van der Waals surface area contributed by atoms with Gasteiger partial charge in [0.15, 0.2) is 0 Å². The molecule has 3 heteroatoms. The second-order valence-corrected chi connectivity index (χ2v) is 6.98. The first-order chi connectivity index (χ1) is 9.79. The molecule has 2 unspecified atom stereocenters. The van der Waals surface area contributed by atoms with Gasteiger partial charge in [-0.05, 0) is 43.1 Å². The number of hydrogen-bond donors (Lipinski definition) is 0. The smallest absolute Gasteiger partial charge is 0.137 e. The summed E-state index contributed by atoms with van der Waals surface area (Å²) in [6.45, 7) is 3.07. The van der Waals surface area contributed by atoms with Gasteiger partial charge in [-0.15, -0.1) is 0 Å². The van der Waals surface area contributed by atoms with Crippen molar-refractivity contribution in [2.45, 2.75) is 44.3 Å². The minimum atomic E-state index is 0.626. The molecule has 0 saturated heterocycles. The van der Waals surface area contributed by atoms with Crippen molar-refractivity contribution in [1.29, 1.82) is 5.26 Å². The van der Waals surface area contributed by atoms with Gasteiger partial charge in [-0.3, -0.25) is 0 Å². The standard InChI is InChI=1S/C17H23NOS/c1-14-6-4-8-16(12-14)20-11-5-10-19-17-9-3-2-7-15(17)13-18/h2-3,7,9,14,16H,4-6,8,10-12H2,1H3. The molecule has 1 aliphatic rings. The third kappa shape index (κ3) is 4.76. The Morgan fingerprint density at radius 3 is 3.00 bits per heavy atom. The third-order valence-electron chi connectivity index (χ3n) is 3.80. The van der Waals surface area contributed by atoms with E-state index in [1.807, 2.05) is 18.2 Å². The Morgan fingerprint density at radius 2 is 2.20 bits per heavy atom. The van der Waals surface area contributed by atoms with Gasteiger partial charge in [-0.25, -0.2) is 0 Å². The molecule has 108 valence electrons. The summed E-state index contributed by atoms with van der Waals surface area (Å²) < 4.78 is 5.70. The summed E-state index contributed by atoms with van der Waals surface area (Å²) in [4.78, 5) is 0. The Balaban J connectivity index is 1.63. The molecule has 1 aromatic carbocycles. The summed E-state index contributed by atoms with van der Waals surface area (Å²) in [5.74, 6) is 2.78. The Hall–Kier alpha value is -1.14. The minimum Gasteiger partial charge on any atom is -0.492 e. The number of nitrogens with zero attached hydrogens (tertiary/aromatic N) is 1. The van der Waals surface area contributed by atoms with Crippen LogP contribution in [0.5, 0.6) is 5.75 Å². The molecule has 0 aliphatic heterocycles. The lowest BCUT2D eigenvalue weighted by Gasteiger charge is -2.26. The molecular formula is C17H23NOS. The molecule has 1 aliphatic carbocycles. The molecule has 0 amide bonds. The van der Waals surface area contributed by atoms with Gasteiger partial charge in [-0.1, -0.05) is 31.9 Å². The summed E-state index contributed by atoms with van der Waals surface area (Å²) in [5.41, 5.74) is 0.626. The summed E-state index contributed by atoms with van der Waals surface area (Å²) >= 11 is 2.10. The van der Waals surface area contributed by atoms with E-state index in [0.29, 0.717) is 17.9 Å². The van der Waals surface area contributed by atoms with Gasteiger partial charge in [-0.2, -0.15) is 17.0 Å². The van der Waals surface area contributed by atoms with Crippen LogP contribution < -0.4 is 4.74 Å². The van der Waals surface area contributed by atoms with Crippen molar-refractivity contribution in [2.75, 3.05) is 12.4 Å². The van der Waals surface area contributed by atoms with Crippen LogP contribution >= 0.6 is 11.8 Å². The van der Waals surface area contributed by atoms with E-state index in [0.717, 1.165) is 23.3 Å². The number of nitriles is 1. The number of rotatable bonds is 6. The molecular weight excluding hydrogens is 266 g/mol. The van der Waals surface area contributed by atoms with Crippen LogP contribution in [0.25, 0.3) is 0 Å². The maximum absolute atomic E-state index is 8.98. The van der Waals surface area contributed by atoms with Crippen molar-refractivity contribution in [3.8, 4) is 11.8 Å². The van der Waals surface area contributed by atoms with E-state index in [1.165, 1.54) is 25.7 Å². The molecule has 0 aromatic heterocycles. The number of benzene rings is 1. The van der Waals surface area contributed by atoms with Crippen molar-refractivity contribution in [3.63, 3.8) is 0 Å². The van der Waals surface area contributed by atoms with Gasteiger partial charge in [0.2, 0.25) is 0 Å². The lowest BCUT2D eigenvalue weighted by atomic mass is 9.91. The molecule has 1 aromatic rings. The zero-order chi connectivity index (χ0) is 14.2. The first-order valence-electron chi connectivity index (χ1n) is 7.53. The quantitative estimate of drug-likeness (QED) is 0.715. The monoisotopic (exact) mass is 289 g/mol. The van der Waals surface area contributed by atoms with Gasteiger partial charge >= 0.3 is 0 Å². The highest BCUT2D eigenvalue weighted by Crippen LogP contribution is 2.32. The zero-order valence-corrected chi connectivity index (χ0v) is 13.0. The molecule has 0 heterocycles. The third-order valence-corrected chi connectivity index (χ3v) is 5.22.